The molecule has 0 bridgehead atoms. The minimum atomic E-state index is -0.991. The van der Waals surface area contributed by atoms with Crippen LogP contribution in [0, 0.1) is 0 Å². The Morgan fingerprint density at radius 1 is 1.12 bits per heavy atom. The number of carbonyl (C=O) groups excluding carboxylic acids is 1. The lowest BCUT2D eigenvalue weighted by molar-refractivity contribution is 0.0688. The summed E-state index contributed by atoms with van der Waals surface area (Å²) >= 11 is 0. The smallest absolute Gasteiger partial charge is 0.352 e. The first-order chi connectivity index (χ1) is 12.1. The lowest BCUT2D eigenvalue weighted by atomic mass is 10.1. The lowest BCUT2D eigenvalue weighted by Gasteiger charge is -2.28. The molecule has 0 unspecified atom stereocenters. The summed E-state index contributed by atoms with van der Waals surface area (Å²) in [7, 11) is 0. The van der Waals surface area contributed by atoms with E-state index in [1.165, 1.54) is 12.8 Å². The molecule has 0 radical (unpaired) electrons. The van der Waals surface area contributed by atoms with Crippen molar-refractivity contribution in [2.45, 2.75) is 31.7 Å². The maximum atomic E-state index is 13.0. The van der Waals surface area contributed by atoms with Crippen molar-refractivity contribution >= 4 is 35.2 Å². The number of hydrogen-bond acceptors (Lipinski definition) is 3. The molecule has 7 heteroatoms. The first kappa shape index (κ1) is 18.7. The number of carboxylic acids is 1. The van der Waals surface area contributed by atoms with Gasteiger partial charge in [0.15, 0.2) is 0 Å². The van der Waals surface area contributed by atoms with Crippen LogP contribution in [0.5, 0.6) is 0 Å². The fourth-order valence-corrected chi connectivity index (χ4v) is 4.10. The van der Waals surface area contributed by atoms with Crippen LogP contribution < -0.4 is 0 Å². The quantitative estimate of drug-likeness (QED) is 0.858. The zero-order valence-corrected chi connectivity index (χ0v) is 15.4. The Morgan fingerprint density at radius 3 is 2.62 bits per heavy atom. The molecule has 0 aliphatic carbocycles. The van der Waals surface area contributed by atoms with Gasteiger partial charge in [0, 0.05) is 35.6 Å². The number of fused-ring (bicyclic) bond motifs is 1. The molecule has 2 aliphatic heterocycles. The van der Waals surface area contributed by atoms with Gasteiger partial charge in [-0.2, -0.15) is 0 Å². The standard InChI is InChI=1S/C19H23N3O3.ClH/c23-18(22-9-3-4-15(22)12-21-7-1-2-8-21)13-5-6-16-14(10-13)11-17(20-16)19(24)25;/h5-6,10-11,15,20H,1-4,7-9,12H2,(H,24,25);1H/t15-;/m1./s1. The van der Waals surface area contributed by atoms with Crippen LogP contribution >= 0.6 is 12.4 Å². The van der Waals surface area contributed by atoms with Crippen LogP contribution in [0.1, 0.15) is 46.5 Å². The van der Waals surface area contributed by atoms with E-state index < -0.39 is 5.97 Å². The number of aromatic amines is 1. The van der Waals surface area contributed by atoms with Gasteiger partial charge < -0.3 is 19.9 Å². The number of H-pyrrole nitrogens is 1. The molecule has 2 saturated heterocycles. The van der Waals surface area contributed by atoms with Gasteiger partial charge in [0.2, 0.25) is 0 Å². The summed E-state index contributed by atoms with van der Waals surface area (Å²) in [5, 5.41) is 9.86. The number of amides is 1. The van der Waals surface area contributed by atoms with Gasteiger partial charge in [-0.25, -0.2) is 4.79 Å². The number of carbonyl (C=O) groups is 2. The number of nitrogens with one attached hydrogen (secondary N) is 1. The van der Waals surface area contributed by atoms with Gasteiger partial charge in [-0.3, -0.25) is 4.79 Å². The number of benzene rings is 1. The highest BCUT2D eigenvalue weighted by molar-refractivity contribution is 6.00. The van der Waals surface area contributed by atoms with E-state index in [0.717, 1.165) is 49.9 Å². The zero-order chi connectivity index (χ0) is 17.4. The maximum Gasteiger partial charge on any atom is 0.352 e. The number of hydrogen-bond donors (Lipinski definition) is 2. The van der Waals surface area contributed by atoms with Crippen LogP contribution in [-0.4, -0.2) is 64.0 Å². The Morgan fingerprint density at radius 2 is 1.88 bits per heavy atom. The Balaban J connectivity index is 0.00000196. The third-order valence-electron chi connectivity index (χ3n) is 5.40. The number of aromatic carboxylic acids is 1. The highest BCUT2D eigenvalue weighted by atomic mass is 35.5. The Kier molecular flexibility index (Phi) is 5.53. The SMILES string of the molecule is Cl.O=C(O)c1cc2cc(C(=O)N3CCC[C@@H]3CN3CCCC3)ccc2[nH]1. The number of halogens is 1. The molecule has 2 N–H and O–H groups in total. The molecule has 2 aromatic rings. The van der Waals surface area contributed by atoms with Crippen molar-refractivity contribution in [1.82, 2.24) is 14.8 Å². The topological polar surface area (TPSA) is 76.6 Å². The average molecular weight is 378 g/mol. The molecule has 3 heterocycles. The molecule has 140 valence electrons. The Bertz CT molecular complexity index is 813. The van der Waals surface area contributed by atoms with Gasteiger partial charge >= 0.3 is 5.97 Å². The van der Waals surface area contributed by atoms with Crippen molar-refractivity contribution in [3.05, 3.63) is 35.5 Å². The minimum absolute atomic E-state index is 0. The summed E-state index contributed by atoms with van der Waals surface area (Å²) < 4.78 is 0. The van der Waals surface area contributed by atoms with E-state index in [4.69, 9.17) is 5.11 Å². The van der Waals surface area contributed by atoms with Gasteiger partial charge in [-0.05, 0) is 63.0 Å². The molecule has 6 nitrogen and oxygen atoms in total. The van der Waals surface area contributed by atoms with Crippen molar-refractivity contribution in [1.29, 1.82) is 0 Å². The number of nitrogens with zero attached hydrogens (tertiary/aromatic N) is 2. The lowest BCUT2D eigenvalue weighted by Crippen LogP contribution is -2.42. The van der Waals surface area contributed by atoms with Crippen LogP contribution in [0.25, 0.3) is 10.9 Å². The average Bonchev–Trinajstić information content (AvgIpc) is 3.34. The molecule has 26 heavy (non-hydrogen) atoms. The predicted octanol–water partition coefficient (Wildman–Crippen LogP) is 2.99. The van der Waals surface area contributed by atoms with Crippen molar-refractivity contribution in [3.8, 4) is 0 Å². The van der Waals surface area contributed by atoms with Crippen molar-refractivity contribution in [3.63, 3.8) is 0 Å². The molecule has 1 amide bonds. The molecular weight excluding hydrogens is 354 g/mol. The number of carboxylic acid groups (broad SMARTS) is 1. The van der Waals surface area contributed by atoms with E-state index in [1.54, 1.807) is 24.3 Å². The van der Waals surface area contributed by atoms with Crippen molar-refractivity contribution in [2.24, 2.45) is 0 Å². The molecule has 1 atom stereocenters. The van der Waals surface area contributed by atoms with E-state index >= 15 is 0 Å². The molecule has 4 rings (SSSR count). The summed E-state index contributed by atoms with van der Waals surface area (Å²) in [5.74, 6) is -0.934. The molecular formula is C19H24ClN3O3. The summed E-state index contributed by atoms with van der Waals surface area (Å²) in [4.78, 5) is 31.4. The maximum absolute atomic E-state index is 13.0. The highest BCUT2D eigenvalue weighted by Crippen LogP contribution is 2.24. The fraction of sp³-hybridized carbons (Fsp3) is 0.474. The van der Waals surface area contributed by atoms with E-state index in [2.05, 4.69) is 9.88 Å². The molecule has 0 saturated carbocycles. The van der Waals surface area contributed by atoms with E-state index in [1.807, 2.05) is 4.90 Å². The first-order valence-electron chi connectivity index (χ1n) is 9.01. The van der Waals surface area contributed by atoms with Gasteiger partial charge in [0.05, 0.1) is 0 Å². The van der Waals surface area contributed by atoms with Crippen LogP contribution in [0.4, 0.5) is 0 Å². The van der Waals surface area contributed by atoms with Crippen LogP contribution in [0.3, 0.4) is 0 Å². The minimum Gasteiger partial charge on any atom is -0.477 e. The van der Waals surface area contributed by atoms with Gasteiger partial charge in [-0.15, -0.1) is 12.4 Å². The van der Waals surface area contributed by atoms with Gasteiger partial charge in [0.25, 0.3) is 5.91 Å². The second-order valence-electron chi connectivity index (χ2n) is 7.09. The summed E-state index contributed by atoms with van der Waals surface area (Å²) in [5.41, 5.74) is 1.52. The van der Waals surface area contributed by atoms with E-state index in [0.29, 0.717) is 11.6 Å². The molecule has 1 aromatic heterocycles. The second kappa shape index (κ2) is 7.68. The molecule has 1 aromatic carbocycles. The molecule has 2 aliphatic rings. The number of aromatic nitrogens is 1. The fourth-order valence-electron chi connectivity index (χ4n) is 4.10. The van der Waals surface area contributed by atoms with Gasteiger partial charge in [-0.1, -0.05) is 0 Å². The van der Waals surface area contributed by atoms with Crippen LogP contribution in [0.2, 0.25) is 0 Å². The summed E-state index contributed by atoms with van der Waals surface area (Å²) in [6.07, 6.45) is 4.64. The number of likely N-dealkylation sites (tertiary alicyclic amines) is 2. The summed E-state index contributed by atoms with van der Waals surface area (Å²) in [6.45, 7) is 4.07. The molecule has 0 spiro atoms. The Labute approximate surface area is 158 Å². The third-order valence-corrected chi connectivity index (χ3v) is 5.40. The third kappa shape index (κ3) is 3.57. The Hall–Kier alpha value is -2.05. The second-order valence-corrected chi connectivity index (χ2v) is 7.09. The van der Waals surface area contributed by atoms with Crippen molar-refractivity contribution < 1.29 is 14.7 Å². The largest absolute Gasteiger partial charge is 0.477 e. The monoisotopic (exact) mass is 377 g/mol. The van der Waals surface area contributed by atoms with Crippen molar-refractivity contribution in [2.75, 3.05) is 26.2 Å². The first-order valence-corrected chi connectivity index (χ1v) is 9.01. The van der Waals surface area contributed by atoms with E-state index in [9.17, 15) is 9.59 Å². The molecule has 2 fully saturated rings. The van der Waals surface area contributed by atoms with E-state index in [-0.39, 0.29) is 24.0 Å². The summed E-state index contributed by atoms with van der Waals surface area (Å²) in [6, 6.07) is 7.26. The normalized spacial score (nSPS) is 20.5. The number of rotatable bonds is 4. The predicted molar refractivity (Wildman–Crippen MR) is 102 cm³/mol. The van der Waals surface area contributed by atoms with Crippen LogP contribution in [0.15, 0.2) is 24.3 Å². The van der Waals surface area contributed by atoms with Crippen LogP contribution in [-0.2, 0) is 0 Å². The highest BCUT2D eigenvalue weighted by Gasteiger charge is 2.31. The van der Waals surface area contributed by atoms with Gasteiger partial charge in [0.1, 0.15) is 5.69 Å². The zero-order valence-electron chi connectivity index (χ0n) is 14.6.